The molecule has 116 valence electrons. The second-order valence-corrected chi connectivity index (χ2v) is 6.82. The van der Waals surface area contributed by atoms with Crippen molar-refractivity contribution in [1.82, 2.24) is 14.9 Å². The minimum atomic E-state index is 0.192. The van der Waals surface area contributed by atoms with Gasteiger partial charge in [0, 0.05) is 36.8 Å². The number of pyridine rings is 1. The highest BCUT2D eigenvalue weighted by molar-refractivity contribution is 7.13. The monoisotopic (exact) mass is 315 g/mol. The zero-order chi connectivity index (χ0) is 15.5. The normalized spacial score (nSPS) is 16.0. The van der Waals surface area contributed by atoms with Gasteiger partial charge >= 0.3 is 0 Å². The number of aryl methyl sites for hydroxylation is 1. The zero-order valence-electron chi connectivity index (χ0n) is 13.1. The van der Waals surface area contributed by atoms with Crippen LogP contribution in [-0.4, -0.2) is 33.9 Å². The van der Waals surface area contributed by atoms with Crippen molar-refractivity contribution in [1.29, 1.82) is 0 Å². The molecule has 0 radical (unpaired) electrons. The van der Waals surface area contributed by atoms with E-state index < -0.39 is 0 Å². The van der Waals surface area contributed by atoms with E-state index in [4.69, 9.17) is 4.98 Å². The molecule has 2 aromatic heterocycles. The van der Waals surface area contributed by atoms with E-state index in [2.05, 4.69) is 22.5 Å². The third-order valence-electron chi connectivity index (χ3n) is 4.20. The van der Waals surface area contributed by atoms with Gasteiger partial charge < -0.3 is 4.90 Å². The van der Waals surface area contributed by atoms with E-state index in [1.165, 1.54) is 0 Å². The predicted octanol–water partition coefficient (Wildman–Crippen LogP) is 3.31. The van der Waals surface area contributed by atoms with Crippen LogP contribution in [0.1, 0.15) is 31.2 Å². The molecule has 1 amide bonds. The molecule has 1 aliphatic heterocycles. The SMILES string of the molecule is CC(=O)N1CCC(Cc2cccc(-c3nc(C)cs3)n2)CC1. The zero-order valence-corrected chi connectivity index (χ0v) is 13.9. The molecule has 1 fully saturated rings. The summed E-state index contributed by atoms with van der Waals surface area (Å²) in [5, 5.41) is 3.05. The van der Waals surface area contributed by atoms with Crippen LogP contribution >= 0.6 is 11.3 Å². The lowest BCUT2D eigenvalue weighted by Crippen LogP contribution is -2.37. The Hall–Kier alpha value is -1.75. The number of likely N-dealkylation sites (tertiary alicyclic amines) is 1. The van der Waals surface area contributed by atoms with Gasteiger partial charge in [-0.15, -0.1) is 11.3 Å². The molecule has 0 bridgehead atoms. The summed E-state index contributed by atoms with van der Waals surface area (Å²) in [7, 11) is 0. The van der Waals surface area contributed by atoms with Gasteiger partial charge in [-0.25, -0.2) is 4.98 Å². The number of nitrogens with zero attached hydrogens (tertiary/aromatic N) is 3. The molecule has 0 unspecified atom stereocenters. The first kappa shape index (κ1) is 15.2. The fourth-order valence-corrected chi connectivity index (χ4v) is 3.70. The first-order valence-corrected chi connectivity index (χ1v) is 8.64. The Bertz CT molecular complexity index is 659. The number of hydrogen-bond donors (Lipinski definition) is 0. The van der Waals surface area contributed by atoms with E-state index in [0.29, 0.717) is 5.92 Å². The minimum absolute atomic E-state index is 0.192. The molecule has 0 spiro atoms. The lowest BCUT2D eigenvalue weighted by Gasteiger charge is -2.31. The Labute approximate surface area is 135 Å². The molecule has 0 N–H and O–H groups in total. The predicted molar refractivity (Wildman–Crippen MR) is 88.8 cm³/mol. The van der Waals surface area contributed by atoms with Gasteiger partial charge in [0.2, 0.25) is 5.91 Å². The summed E-state index contributed by atoms with van der Waals surface area (Å²) in [5.74, 6) is 0.814. The molecule has 22 heavy (non-hydrogen) atoms. The van der Waals surface area contributed by atoms with Crippen LogP contribution < -0.4 is 0 Å². The van der Waals surface area contributed by atoms with Crippen LogP contribution in [0.5, 0.6) is 0 Å². The highest BCUT2D eigenvalue weighted by atomic mass is 32.1. The van der Waals surface area contributed by atoms with E-state index in [1.807, 2.05) is 17.9 Å². The van der Waals surface area contributed by atoms with E-state index >= 15 is 0 Å². The van der Waals surface area contributed by atoms with E-state index in [0.717, 1.165) is 54.4 Å². The fourth-order valence-electron chi connectivity index (χ4n) is 2.93. The molecule has 5 heteroatoms. The van der Waals surface area contributed by atoms with Gasteiger partial charge in [-0.05, 0) is 44.2 Å². The quantitative estimate of drug-likeness (QED) is 0.873. The number of piperidine rings is 1. The second-order valence-electron chi connectivity index (χ2n) is 5.96. The topological polar surface area (TPSA) is 46.1 Å². The standard InChI is InChI=1S/C17H21N3OS/c1-12-11-22-17(18-12)16-5-3-4-15(19-16)10-14-6-8-20(9-7-14)13(2)21/h3-5,11,14H,6-10H2,1-2H3. The second kappa shape index (κ2) is 6.57. The number of thiazole rings is 1. The number of hydrogen-bond acceptors (Lipinski definition) is 4. The van der Waals surface area contributed by atoms with Crippen molar-refractivity contribution in [2.75, 3.05) is 13.1 Å². The van der Waals surface area contributed by atoms with E-state index in [9.17, 15) is 4.79 Å². The summed E-state index contributed by atoms with van der Waals surface area (Å²) >= 11 is 1.64. The Morgan fingerprint density at radius 2 is 2.09 bits per heavy atom. The number of carbonyl (C=O) groups excluding carboxylic acids is 1. The van der Waals surface area contributed by atoms with Crippen LogP contribution in [0, 0.1) is 12.8 Å². The Morgan fingerprint density at radius 1 is 1.32 bits per heavy atom. The Balaban J connectivity index is 1.65. The van der Waals surface area contributed by atoms with Crippen molar-refractivity contribution in [3.63, 3.8) is 0 Å². The highest BCUT2D eigenvalue weighted by Crippen LogP contribution is 2.24. The van der Waals surface area contributed by atoms with Gasteiger partial charge in [-0.1, -0.05) is 6.07 Å². The maximum Gasteiger partial charge on any atom is 0.219 e. The smallest absolute Gasteiger partial charge is 0.219 e. The lowest BCUT2D eigenvalue weighted by atomic mass is 9.92. The molecule has 3 rings (SSSR count). The maximum absolute atomic E-state index is 11.4. The minimum Gasteiger partial charge on any atom is -0.343 e. The highest BCUT2D eigenvalue weighted by Gasteiger charge is 2.21. The van der Waals surface area contributed by atoms with Crippen LogP contribution in [0.2, 0.25) is 0 Å². The fraction of sp³-hybridized carbons (Fsp3) is 0.471. The summed E-state index contributed by atoms with van der Waals surface area (Å²) in [6.07, 6.45) is 3.13. The lowest BCUT2D eigenvalue weighted by molar-refractivity contribution is -0.130. The number of amides is 1. The maximum atomic E-state index is 11.4. The van der Waals surface area contributed by atoms with Gasteiger partial charge in [0.1, 0.15) is 5.01 Å². The number of rotatable bonds is 3. The molecular formula is C17H21N3OS. The van der Waals surface area contributed by atoms with Crippen molar-refractivity contribution in [3.05, 3.63) is 35.0 Å². The summed E-state index contributed by atoms with van der Waals surface area (Å²) in [5.41, 5.74) is 3.15. The van der Waals surface area contributed by atoms with Gasteiger partial charge in [-0.2, -0.15) is 0 Å². The summed E-state index contributed by atoms with van der Waals surface area (Å²) in [6, 6.07) is 6.19. The molecule has 0 aromatic carbocycles. The number of aromatic nitrogens is 2. The van der Waals surface area contributed by atoms with Crippen LogP contribution in [-0.2, 0) is 11.2 Å². The van der Waals surface area contributed by atoms with Gasteiger partial charge in [0.25, 0.3) is 0 Å². The molecule has 4 nitrogen and oxygen atoms in total. The number of carbonyl (C=O) groups is 1. The van der Waals surface area contributed by atoms with Crippen molar-refractivity contribution in [3.8, 4) is 10.7 Å². The van der Waals surface area contributed by atoms with Gasteiger partial charge in [0.05, 0.1) is 5.69 Å². The third kappa shape index (κ3) is 3.53. The Kier molecular flexibility index (Phi) is 4.52. The molecule has 0 saturated carbocycles. The van der Waals surface area contributed by atoms with Crippen molar-refractivity contribution < 1.29 is 4.79 Å². The van der Waals surface area contributed by atoms with Crippen molar-refractivity contribution >= 4 is 17.2 Å². The molecule has 0 atom stereocenters. The van der Waals surface area contributed by atoms with Crippen molar-refractivity contribution in [2.45, 2.75) is 33.1 Å². The molecule has 1 saturated heterocycles. The average molecular weight is 315 g/mol. The van der Waals surface area contributed by atoms with Crippen LogP contribution in [0.3, 0.4) is 0 Å². The van der Waals surface area contributed by atoms with Crippen LogP contribution in [0.4, 0.5) is 0 Å². The summed E-state index contributed by atoms with van der Waals surface area (Å²) < 4.78 is 0. The molecule has 2 aromatic rings. The summed E-state index contributed by atoms with van der Waals surface area (Å²) in [6.45, 7) is 5.42. The van der Waals surface area contributed by atoms with Gasteiger partial charge in [0.15, 0.2) is 0 Å². The molecule has 1 aliphatic rings. The van der Waals surface area contributed by atoms with E-state index in [-0.39, 0.29) is 5.91 Å². The molecular weight excluding hydrogens is 294 g/mol. The van der Waals surface area contributed by atoms with Gasteiger partial charge in [-0.3, -0.25) is 9.78 Å². The Morgan fingerprint density at radius 3 is 2.73 bits per heavy atom. The molecule has 3 heterocycles. The van der Waals surface area contributed by atoms with E-state index in [1.54, 1.807) is 18.3 Å². The molecule has 0 aliphatic carbocycles. The first-order chi connectivity index (χ1) is 10.6. The summed E-state index contributed by atoms with van der Waals surface area (Å²) in [4.78, 5) is 22.6. The average Bonchev–Trinajstić information content (AvgIpc) is 2.95. The third-order valence-corrected chi connectivity index (χ3v) is 5.19. The first-order valence-electron chi connectivity index (χ1n) is 7.76. The van der Waals surface area contributed by atoms with Crippen molar-refractivity contribution in [2.24, 2.45) is 5.92 Å². The van der Waals surface area contributed by atoms with Crippen LogP contribution in [0.15, 0.2) is 23.6 Å². The van der Waals surface area contributed by atoms with Crippen LogP contribution in [0.25, 0.3) is 10.7 Å². The largest absolute Gasteiger partial charge is 0.343 e.